The van der Waals surface area contributed by atoms with Crippen molar-refractivity contribution in [1.29, 1.82) is 0 Å². The van der Waals surface area contributed by atoms with E-state index in [1.54, 1.807) is 6.07 Å². The highest BCUT2D eigenvalue weighted by Gasteiger charge is 2.34. The van der Waals surface area contributed by atoms with Crippen molar-refractivity contribution < 1.29 is 31.1 Å². The fourth-order valence-electron chi connectivity index (χ4n) is 2.88. The minimum atomic E-state index is -4.81. The number of nitrogens with one attached hydrogen (secondary N) is 2. The topological polar surface area (TPSA) is 48.9 Å². The van der Waals surface area contributed by atoms with Crippen LogP contribution in [0.4, 0.5) is 26.3 Å². The van der Waals surface area contributed by atoms with Crippen LogP contribution < -0.4 is 15.4 Å². The Bertz CT molecular complexity index is 668. The van der Waals surface area contributed by atoms with E-state index in [1.165, 1.54) is 23.1 Å². The molecule has 1 unspecified atom stereocenters. The van der Waals surface area contributed by atoms with Gasteiger partial charge in [-0.1, -0.05) is 18.2 Å². The highest BCUT2D eigenvalue weighted by molar-refractivity contribution is 14.0. The van der Waals surface area contributed by atoms with Gasteiger partial charge in [-0.2, -0.15) is 13.2 Å². The van der Waals surface area contributed by atoms with Gasteiger partial charge >= 0.3 is 12.5 Å². The first-order chi connectivity index (χ1) is 13.1. The van der Waals surface area contributed by atoms with Gasteiger partial charge in [0.1, 0.15) is 5.75 Å². The number of alkyl halides is 6. The Morgan fingerprint density at radius 2 is 1.90 bits per heavy atom. The van der Waals surface area contributed by atoms with Crippen molar-refractivity contribution in [1.82, 2.24) is 15.5 Å². The summed E-state index contributed by atoms with van der Waals surface area (Å²) in [5.74, 6) is -0.0185. The molecule has 1 aromatic carbocycles. The van der Waals surface area contributed by atoms with Gasteiger partial charge in [0.2, 0.25) is 0 Å². The number of benzene rings is 1. The van der Waals surface area contributed by atoms with E-state index in [0.29, 0.717) is 25.5 Å². The molecule has 1 aliphatic heterocycles. The summed E-state index contributed by atoms with van der Waals surface area (Å²) in [7, 11) is 0. The third kappa shape index (κ3) is 9.74. The maximum atomic E-state index is 12.5. The highest BCUT2D eigenvalue weighted by Crippen LogP contribution is 2.26. The number of nitrogens with zero attached hydrogens (tertiary/aromatic N) is 2. The number of rotatable bonds is 6. The molecule has 5 nitrogen and oxygen atoms in total. The van der Waals surface area contributed by atoms with E-state index in [4.69, 9.17) is 0 Å². The Balaban J connectivity index is 0.00000420. The molecule has 0 aliphatic carbocycles. The quantitative estimate of drug-likeness (QED) is 0.249. The second-order valence-corrected chi connectivity index (χ2v) is 6.33. The van der Waals surface area contributed by atoms with E-state index >= 15 is 0 Å². The van der Waals surface area contributed by atoms with Crippen molar-refractivity contribution in [3.05, 3.63) is 29.8 Å². The van der Waals surface area contributed by atoms with Gasteiger partial charge in [0.05, 0.1) is 13.1 Å². The first-order valence-corrected chi connectivity index (χ1v) is 8.73. The molecule has 166 valence electrons. The summed E-state index contributed by atoms with van der Waals surface area (Å²) in [5, 5.41) is 5.98. The summed E-state index contributed by atoms with van der Waals surface area (Å²) in [5.41, 5.74) is 0.238. The lowest BCUT2D eigenvalue weighted by atomic mass is 10.2. The molecule has 2 rings (SSSR count). The number of hydrogen-bond acceptors (Lipinski definition) is 3. The van der Waals surface area contributed by atoms with Crippen LogP contribution in [0, 0.1) is 0 Å². The molecule has 0 bridgehead atoms. The van der Waals surface area contributed by atoms with Crippen LogP contribution in [-0.4, -0.2) is 55.6 Å². The number of halogens is 7. The molecular formula is C17H23F6IN4O. The molecule has 0 saturated carbocycles. The van der Waals surface area contributed by atoms with Gasteiger partial charge in [0.15, 0.2) is 5.96 Å². The number of guanidine groups is 1. The number of likely N-dealkylation sites (tertiary alicyclic amines) is 1. The summed E-state index contributed by atoms with van der Waals surface area (Å²) in [6.45, 7) is 1.76. The standard InChI is InChI=1S/C17H22F6N4O.HI/c1-2-24-15(26-13-7-8-27(10-13)11-16(18,19)20)25-9-12-5-3-4-6-14(12)28-17(21,22)23;/h3-6,13H,2,7-11H2,1H3,(H2,24,25,26);1H. The smallest absolute Gasteiger partial charge is 0.405 e. The molecule has 0 aromatic heterocycles. The first kappa shape index (κ1) is 25.6. The molecule has 12 heteroatoms. The van der Waals surface area contributed by atoms with Crippen molar-refractivity contribution in [2.24, 2.45) is 4.99 Å². The Hall–Kier alpha value is -1.44. The molecule has 1 heterocycles. The van der Waals surface area contributed by atoms with Gasteiger partial charge in [-0.05, 0) is 19.4 Å². The Morgan fingerprint density at radius 1 is 1.21 bits per heavy atom. The second kappa shape index (κ2) is 11.1. The summed E-state index contributed by atoms with van der Waals surface area (Å²) in [6, 6.07) is 5.42. The zero-order valence-corrected chi connectivity index (χ0v) is 17.9. The molecule has 2 N–H and O–H groups in total. The maximum Gasteiger partial charge on any atom is 0.573 e. The first-order valence-electron chi connectivity index (χ1n) is 8.73. The molecule has 1 saturated heterocycles. The van der Waals surface area contributed by atoms with Crippen LogP contribution in [0.2, 0.25) is 0 Å². The van der Waals surface area contributed by atoms with Gasteiger partial charge in [-0.3, -0.25) is 4.90 Å². The molecule has 1 aliphatic rings. The highest BCUT2D eigenvalue weighted by atomic mass is 127. The van der Waals surface area contributed by atoms with Crippen LogP contribution in [0.5, 0.6) is 5.75 Å². The lowest BCUT2D eigenvalue weighted by molar-refractivity contribution is -0.274. The number of aliphatic imine (C=N–C) groups is 1. The van der Waals surface area contributed by atoms with E-state index in [9.17, 15) is 26.3 Å². The predicted molar refractivity (Wildman–Crippen MR) is 107 cm³/mol. The maximum absolute atomic E-state index is 12.5. The van der Waals surface area contributed by atoms with E-state index in [1.807, 2.05) is 6.92 Å². The second-order valence-electron chi connectivity index (χ2n) is 6.33. The number of para-hydroxylation sites is 1. The predicted octanol–water partition coefficient (Wildman–Crippen LogP) is 3.89. The molecular weight excluding hydrogens is 517 g/mol. The average Bonchev–Trinajstić information content (AvgIpc) is 2.97. The minimum Gasteiger partial charge on any atom is -0.405 e. The van der Waals surface area contributed by atoms with Gasteiger partial charge in [-0.15, -0.1) is 37.1 Å². The fourth-order valence-corrected chi connectivity index (χ4v) is 2.88. The van der Waals surface area contributed by atoms with Crippen LogP contribution >= 0.6 is 24.0 Å². The average molecular weight is 540 g/mol. The fraction of sp³-hybridized carbons (Fsp3) is 0.588. The molecule has 0 spiro atoms. The van der Waals surface area contributed by atoms with Gasteiger partial charge < -0.3 is 15.4 Å². The number of hydrogen-bond donors (Lipinski definition) is 2. The van der Waals surface area contributed by atoms with E-state index in [2.05, 4.69) is 20.4 Å². The van der Waals surface area contributed by atoms with Crippen LogP contribution in [0.3, 0.4) is 0 Å². The largest absolute Gasteiger partial charge is 0.573 e. The molecule has 29 heavy (non-hydrogen) atoms. The lowest BCUT2D eigenvalue weighted by Crippen LogP contribution is -2.45. The minimum absolute atomic E-state index is 0. The Morgan fingerprint density at radius 3 is 2.52 bits per heavy atom. The summed E-state index contributed by atoms with van der Waals surface area (Å²) in [4.78, 5) is 5.54. The molecule has 1 fully saturated rings. The van der Waals surface area contributed by atoms with Crippen LogP contribution in [0.15, 0.2) is 29.3 Å². The van der Waals surface area contributed by atoms with Crippen LogP contribution in [0.1, 0.15) is 18.9 Å². The monoisotopic (exact) mass is 540 g/mol. The normalized spacial score (nSPS) is 18.3. The van der Waals surface area contributed by atoms with Gasteiger partial charge in [0, 0.05) is 31.2 Å². The van der Waals surface area contributed by atoms with E-state index in [0.717, 1.165) is 0 Å². The molecule has 1 atom stereocenters. The van der Waals surface area contributed by atoms with Crippen LogP contribution in [0.25, 0.3) is 0 Å². The third-order valence-electron chi connectivity index (χ3n) is 3.97. The summed E-state index contributed by atoms with van der Waals surface area (Å²) >= 11 is 0. The summed E-state index contributed by atoms with van der Waals surface area (Å²) < 4.78 is 79.0. The van der Waals surface area contributed by atoms with Crippen molar-refractivity contribution in [2.75, 3.05) is 26.2 Å². The van der Waals surface area contributed by atoms with E-state index < -0.39 is 19.1 Å². The van der Waals surface area contributed by atoms with Gasteiger partial charge in [0.25, 0.3) is 0 Å². The third-order valence-corrected chi connectivity index (χ3v) is 3.97. The molecule has 1 aromatic rings. The van der Waals surface area contributed by atoms with Crippen molar-refractivity contribution in [2.45, 2.75) is 38.5 Å². The SMILES string of the molecule is CCNC(=NCc1ccccc1OC(F)(F)F)NC1CCN(CC(F)(F)F)C1.I. The van der Waals surface area contributed by atoms with Crippen molar-refractivity contribution in [3.63, 3.8) is 0 Å². The Kier molecular flexibility index (Phi) is 9.79. The van der Waals surface area contributed by atoms with E-state index in [-0.39, 0.29) is 54.4 Å². The molecule has 0 radical (unpaired) electrons. The zero-order valence-electron chi connectivity index (χ0n) is 15.6. The van der Waals surface area contributed by atoms with Crippen molar-refractivity contribution in [3.8, 4) is 5.75 Å². The number of ether oxygens (including phenoxy) is 1. The molecule has 0 amide bonds. The van der Waals surface area contributed by atoms with Crippen molar-refractivity contribution >= 4 is 29.9 Å². The summed E-state index contributed by atoms with van der Waals surface area (Å²) in [6.07, 6.45) is -8.56. The zero-order chi connectivity index (χ0) is 20.8. The van der Waals surface area contributed by atoms with Crippen LogP contribution in [-0.2, 0) is 6.54 Å². The Labute approximate surface area is 181 Å². The lowest BCUT2D eigenvalue weighted by Gasteiger charge is -2.20. The van der Waals surface area contributed by atoms with Gasteiger partial charge in [-0.25, -0.2) is 4.99 Å².